The predicted molar refractivity (Wildman–Crippen MR) is 92.3 cm³/mol. The first-order valence-electron chi connectivity index (χ1n) is 7.69. The van der Waals surface area contributed by atoms with Crippen LogP contribution in [0.25, 0.3) is 22.4 Å². The maximum Gasteiger partial charge on any atom is 0.282 e. The molecule has 0 unspecified atom stereocenters. The number of aromatic nitrogens is 2. The van der Waals surface area contributed by atoms with Gasteiger partial charge in [0.25, 0.3) is 12.3 Å². The van der Waals surface area contributed by atoms with Gasteiger partial charge in [0, 0.05) is 18.2 Å². The molecule has 5 nitrogen and oxygen atoms in total. The predicted octanol–water partition coefficient (Wildman–Crippen LogP) is 3.66. The Morgan fingerprint density at radius 3 is 2.27 bits per heavy atom. The summed E-state index contributed by atoms with van der Waals surface area (Å²) in [5.41, 5.74) is 6.76. The summed E-state index contributed by atoms with van der Waals surface area (Å²) in [5.74, 6) is -0.980. The number of rotatable bonds is 4. The van der Waals surface area contributed by atoms with E-state index >= 15 is 0 Å². The summed E-state index contributed by atoms with van der Waals surface area (Å²) in [7, 11) is 1.47. The fourth-order valence-corrected chi connectivity index (χ4v) is 2.99. The second kappa shape index (κ2) is 6.76. The van der Waals surface area contributed by atoms with Crippen LogP contribution in [-0.4, -0.2) is 15.7 Å². The summed E-state index contributed by atoms with van der Waals surface area (Å²) in [4.78, 5) is 11.9. The lowest BCUT2D eigenvalue weighted by Gasteiger charge is -2.12. The molecular weight excluding hydrogens is 338 g/mol. The summed E-state index contributed by atoms with van der Waals surface area (Å²) in [5, 5.41) is 13.2. The summed E-state index contributed by atoms with van der Waals surface area (Å²) < 4.78 is 27.8. The second-order valence-electron chi connectivity index (χ2n) is 5.60. The molecule has 3 aromatic rings. The van der Waals surface area contributed by atoms with Crippen molar-refractivity contribution in [2.75, 3.05) is 0 Å². The smallest absolute Gasteiger partial charge is 0.282 e. The number of benzene rings is 2. The van der Waals surface area contributed by atoms with E-state index in [-0.39, 0.29) is 11.3 Å². The highest BCUT2D eigenvalue weighted by molar-refractivity contribution is 6.02. The molecule has 1 amide bonds. The molecule has 0 atom stereocenters. The van der Waals surface area contributed by atoms with E-state index in [0.29, 0.717) is 22.3 Å². The van der Waals surface area contributed by atoms with E-state index in [1.807, 2.05) is 0 Å². The Labute approximate surface area is 148 Å². The van der Waals surface area contributed by atoms with Gasteiger partial charge in [-0.3, -0.25) is 9.48 Å². The monoisotopic (exact) mass is 352 g/mol. The molecular formula is C19H14F2N4O. The fraction of sp³-hybridized carbons (Fsp3) is 0.105. The SMILES string of the molecule is Cn1nc(C(F)F)c(C(N)=O)c1-c1ccccc1-c1ccccc1C#N. The quantitative estimate of drug-likeness (QED) is 0.777. The van der Waals surface area contributed by atoms with E-state index in [1.165, 1.54) is 11.7 Å². The number of nitriles is 1. The largest absolute Gasteiger partial charge is 0.365 e. The van der Waals surface area contributed by atoms with Crippen molar-refractivity contribution >= 4 is 5.91 Å². The lowest BCUT2D eigenvalue weighted by Crippen LogP contribution is -2.14. The van der Waals surface area contributed by atoms with Crippen molar-refractivity contribution in [3.8, 4) is 28.5 Å². The number of carbonyl (C=O) groups excluding carboxylic acids is 1. The average Bonchev–Trinajstić information content (AvgIpc) is 2.99. The molecule has 0 radical (unpaired) electrons. The van der Waals surface area contributed by atoms with Gasteiger partial charge in [0.1, 0.15) is 5.69 Å². The molecule has 0 fully saturated rings. The standard InChI is InChI=1S/C19H14F2N4O/c1-25-17(15(19(23)26)16(24-25)18(20)21)14-9-5-4-8-13(14)12-7-3-2-6-11(12)10-22/h2-9,18H,1H3,(H2,23,26). The van der Waals surface area contributed by atoms with Crippen LogP contribution in [0.2, 0.25) is 0 Å². The van der Waals surface area contributed by atoms with Gasteiger partial charge in [0.15, 0.2) is 0 Å². The number of alkyl halides is 2. The van der Waals surface area contributed by atoms with Gasteiger partial charge in [0.05, 0.1) is 22.9 Å². The van der Waals surface area contributed by atoms with Crippen LogP contribution in [0.15, 0.2) is 48.5 Å². The van der Waals surface area contributed by atoms with Gasteiger partial charge in [-0.05, 0) is 11.6 Å². The van der Waals surface area contributed by atoms with Crippen LogP contribution in [0.4, 0.5) is 8.78 Å². The minimum atomic E-state index is -2.93. The van der Waals surface area contributed by atoms with Gasteiger partial charge in [-0.1, -0.05) is 42.5 Å². The van der Waals surface area contributed by atoms with Gasteiger partial charge < -0.3 is 5.73 Å². The second-order valence-corrected chi connectivity index (χ2v) is 5.60. The number of carbonyl (C=O) groups is 1. The van der Waals surface area contributed by atoms with Crippen molar-refractivity contribution in [2.24, 2.45) is 12.8 Å². The van der Waals surface area contributed by atoms with Crippen LogP contribution in [0.3, 0.4) is 0 Å². The van der Waals surface area contributed by atoms with E-state index in [4.69, 9.17) is 5.73 Å². The number of aryl methyl sites for hydroxylation is 1. The highest BCUT2D eigenvalue weighted by atomic mass is 19.3. The van der Waals surface area contributed by atoms with Gasteiger partial charge in [0.2, 0.25) is 0 Å². The minimum absolute atomic E-state index is 0.191. The fourth-order valence-electron chi connectivity index (χ4n) is 2.99. The van der Waals surface area contributed by atoms with Crippen molar-refractivity contribution in [3.63, 3.8) is 0 Å². The van der Waals surface area contributed by atoms with Crippen LogP contribution in [0, 0.1) is 11.3 Å². The van der Waals surface area contributed by atoms with E-state index < -0.39 is 18.0 Å². The van der Waals surface area contributed by atoms with Crippen LogP contribution in [-0.2, 0) is 7.05 Å². The van der Waals surface area contributed by atoms with Crippen LogP contribution < -0.4 is 5.73 Å². The number of hydrogen-bond acceptors (Lipinski definition) is 3. The molecule has 2 N–H and O–H groups in total. The van der Waals surface area contributed by atoms with Crippen molar-refractivity contribution in [3.05, 3.63) is 65.4 Å². The maximum absolute atomic E-state index is 13.3. The topological polar surface area (TPSA) is 84.7 Å². The van der Waals surface area contributed by atoms with Crippen molar-refractivity contribution in [2.45, 2.75) is 6.43 Å². The molecule has 26 heavy (non-hydrogen) atoms. The van der Waals surface area contributed by atoms with E-state index in [0.717, 1.165) is 0 Å². The van der Waals surface area contributed by atoms with Gasteiger partial charge in [-0.2, -0.15) is 10.4 Å². The number of amides is 1. The van der Waals surface area contributed by atoms with Crippen molar-refractivity contribution in [1.82, 2.24) is 9.78 Å². The number of halogens is 2. The van der Waals surface area contributed by atoms with E-state index in [1.54, 1.807) is 48.5 Å². The molecule has 3 rings (SSSR count). The number of hydrogen-bond donors (Lipinski definition) is 1. The first kappa shape index (κ1) is 17.3. The molecule has 0 saturated heterocycles. The Hall–Kier alpha value is -3.53. The highest BCUT2D eigenvalue weighted by Crippen LogP contribution is 2.37. The zero-order valence-electron chi connectivity index (χ0n) is 13.8. The summed E-state index contributed by atoms with van der Waals surface area (Å²) in [6, 6.07) is 16.0. The molecule has 0 spiro atoms. The van der Waals surface area contributed by atoms with E-state index in [2.05, 4.69) is 11.2 Å². The molecule has 0 aliphatic heterocycles. The summed E-state index contributed by atoms with van der Waals surface area (Å²) >= 11 is 0. The maximum atomic E-state index is 13.3. The zero-order valence-corrected chi connectivity index (χ0v) is 13.8. The molecule has 7 heteroatoms. The molecule has 130 valence electrons. The third-order valence-corrected chi connectivity index (χ3v) is 4.05. The Bertz CT molecular complexity index is 1030. The molecule has 0 aliphatic carbocycles. The van der Waals surface area contributed by atoms with E-state index in [9.17, 15) is 18.8 Å². The zero-order chi connectivity index (χ0) is 18.8. The van der Waals surface area contributed by atoms with Crippen LogP contribution in [0.5, 0.6) is 0 Å². The number of primary amides is 1. The highest BCUT2D eigenvalue weighted by Gasteiger charge is 2.28. The normalized spacial score (nSPS) is 10.7. The molecule has 0 aliphatic rings. The summed E-state index contributed by atoms with van der Waals surface area (Å²) in [6.07, 6.45) is -2.93. The Morgan fingerprint density at radius 2 is 1.69 bits per heavy atom. The third-order valence-electron chi connectivity index (χ3n) is 4.05. The molecule has 1 aromatic heterocycles. The Morgan fingerprint density at radius 1 is 1.12 bits per heavy atom. The van der Waals surface area contributed by atoms with Gasteiger partial charge in [-0.15, -0.1) is 0 Å². The van der Waals surface area contributed by atoms with Crippen LogP contribution in [0.1, 0.15) is 28.0 Å². The number of nitrogens with zero attached hydrogens (tertiary/aromatic N) is 3. The van der Waals surface area contributed by atoms with Crippen LogP contribution >= 0.6 is 0 Å². The molecule has 2 aromatic carbocycles. The third kappa shape index (κ3) is 2.82. The van der Waals surface area contributed by atoms with Crippen molar-refractivity contribution < 1.29 is 13.6 Å². The minimum Gasteiger partial charge on any atom is -0.365 e. The first-order valence-corrected chi connectivity index (χ1v) is 7.69. The summed E-state index contributed by atoms with van der Waals surface area (Å²) in [6.45, 7) is 0. The lowest BCUT2D eigenvalue weighted by molar-refractivity contribution is 0.0985. The Kier molecular flexibility index (Phi) is 4.50. The lowest BCUT2D eigenvalue weighted by atomic mass is 9.92. The molecule has 1 heterocycles. The molecule has 0 bridgehead atoms. The van der Waals surface area contributed by atoms with Gasteiger partial charge in [-0.25, -0.2) is 8.78 Å². The average molecular weight is 352 g/mol. The van der Waals surface area contributed by atoms with Crippen molar-refractivity contribution in [1.29, 1.82) is 5.26 Å². The molecule has 0 saturated carbocycles. The van der Waals surface area contributed by atoms with Gasteiger partial charge >= 0.3 is 0 Å². The Balaban J connectivity index is 2.35. The number of nitrogens with two attached hydrogens (primary N) is 1. The first-order chi connectivity index (χ1) is 12.5.